The number of fused-ring (bicyclic) bond motifs is 1. The zero-order valence-electron chi connectivity index (χ0n) is 11.1. The van der Waals surface area contributed by atoms with E-state index in [-0.39, 0.29) is 0 Å². The number of nitrogens with one attached hydrogen (secondary N) is 1. The molecule has 0 aliphatic carbocycles. The van der Waals surface area contributed by atoms with Gasteiger partial charge in [0.25, 0.3) is 0 Å². The molecular weight excluding hydrogens is 244 g/mol. The molecule has 2 nitrogen and oxygen atoms in total. The number of rotatable bonds is 4. The van der Waals surface area contributed by atoms with Gasteiger partial charge in [0.2, 0.25) is 0 Å². The summed E-state index contributed by atoms with van der Waals surface area (Å²) in [7, 11) is 0. The lowest BCUT2D eigenvalue weighted by Gasteiger charge is -2.22. The maximum atomic E-state index is 6.16. The number of halogens is 1. The zero-order valence-corrected chi connectivity index (χ0v) is 11.8. The maximum Gasteiger partial charge on any atom is 0.0934 e. The summed E-state index contributed by atoms with van der Waals surface area (Å²) in [5.41, 5.74) is 2.01. The number of aromatic nitrogens is 1. The van der Waals surface area contributed by atoms with Crippen LogP contribution in [-0.4, -0.2) is 11.0 Å². The van der Waals surface area contributed by atoms with Gasteiger partial charge >= 0.3 is 0 Å². The van der Waals surface area contributed by atoms with Gasteiger partial charge in [0, 0.05) is 22.6 Å². The van der Waals surface area contributed by atoms with E-state index in [0.717, 1.165) is 28.0 Å². The number of hydrogen-bond acceptors (Lipinski definition) is 2. The van der Waals surface area contributed by atoms with Crippen LogP contribution < -0.4 is 5.32 Å². The van der Waals surface area contributed by atoms with Crippen LogP contribution in [-0.2, 0) is 0 Å². The molecule has 2 rings (SSSR count). The van der Waals surface area contributed by atoms with Gasteiger partial charge in [-0.05, 0) is 30.5 Å². The quantitative estimate of drug-likeness (QED) is 0.861. The van der Waals surface area contributed by atoms with Crippen molar-refractivity contribution in [1.29, 1.82) is 0 Å². The molecule has 1 atom stereocenters. The second-order valence-corrected chi connectivity index (χ2v) is 5.37. The molecule has 1 aromatic carbocycles. The topological polar surface area (TPSA) is 24.9 Å². The molecular formula is C15H19ClN2. The van der Waals surface area contributed by atoms with E-state index in [1.165, 1.54) is 0 Å². The van der Waals surface area contributed by atoms with Crippen LogP contribution in [0.3, 0.4) is 0 Å². The summed E-state index contributed by atoms with van der Waals surface area (Å²) in [6.07, 6.45) is 2.90. The fourth-order valence-electron chi connectivity index (χ4n) is 2.21. The van der Waals surface area contributed by atoms with Gasteiger partial charge in [-0.25, -0.2) is 0 Å². The third-order valence-electron chi connectivity index (χ3n) is 3.26. The van der Waals surface area contributed by atoms with Crippen molar-refractivity contribution >= 4 is 28.2 Å². The highest BCUT2D eigenvalue weighted by molar-refractivity contribution is 6.31. The van der Waals surface area contributed by atoms with Gasteiger partial charge in [0.05, 0.1) is 11.2 Å². The average Bonchev–Trinajstić information content (AvgIpc) is 2.35. The molecule has 1 unspecified atom stereocenters. The maximum absolute atomic E-state index is 6.16. The number of pyridine rings is 1. The molecule has 0 saturated heterocycles. The molecule has 1 N–H and O–H groups in total. The fourth-order valence-corrected chi connectivity index (χ4v) is 2.43. The summed E-state index contributed by atoms with van der Waals surface area (Å²) in [6.45, 7) is 6.64. The van der Waals surface area contributed by atoms with Crippen LogP contribution >= 0.6 is 11.6 Å². The minimum atomic E-state index is 0.439. The van der Waals surface area contributed by atoms with Crippen molar-refractivity contribution in [2.24, 2.45) is 5.92 Å². The molecule has 1 aromatic heterocycles. The van der Waals surface area contributed by atoms with Gasteiger partial charge in [0.15, 0.2) is 0 Å². The first-order chi connectivity index (χ1) is 8.61. The van der Waals surface area contributed by atoms with Crippen LogP contribution in [0.5, 0.6) is 0 Å². The van der Waals surface area contributed by atoms with Crippen molar-refractivity contribution in [3.8, 4) is 0 Å². The van der Waals surface area contributed by atoms with Gasteiger partial charge in [0.1, 0.15) is 0 Å². The molecule has 0 saturated carbocycles. The SMILES string of the molecule is CCC(Nc1cc(Cl)cc2cccnc12)C(C)C. The molecule has 3 heteroatoms. The molecule has 1 heterocycles. The average molecular weight is 263 g/mol. The number of nitrogens with zero attached hydrogens (tertiary/aromatic N) is 1. The van der Waals surface area contributed by atoms with Crippen molar-refractivity contribution in [3.63, 3.8) is 0 Å². The van der Waals surface area contributed by atoms with E-state index >= 15 is 0 Å². The van der Waals surface area contributed by atoms with Gasteiger partial charge in [-0.15, -0.1) is 0 Å². The largest absolute Gasteiger partial charge is 0.380 e. The third-order valence-corrected chi connectivity index (χ3v) is 3.47. The van der Waals surface area contributed by atoms with E-state index in [1.54, 1.807) is 0 Å². The highest BCUT2D eigenvalue weighted by Gasteiger charge is 2.13. The van der Waals surface area contributed by atoms with Crippen molar-refractivity contribution in [2.75, 3.05) is 5.32 Å². The number of anilines is 1. The Hall–Kier alpha value is -1.28. The highest BCUT2D eigenvalue weighted by Crippen LogP contribution is 2.28. The lowest BCUT2D eigenvalue weighted by Crippen LogP contribution is -2.24. The molecule has 0 spiro atoms. The van der Waals surface area contributed by atoms with Crippen LogP contribution in [0.2, 0.25) is 5.02 Å². The molecule has 0 aliphatic rings. The Morgan fingerprint density at radius 3 is 2.78 bits per heavy atom. The Morgan fingerprint density at radius 1 is 1.33 bits per heavy atom. The summed E-state index contributed by atoms with van der Waals surface area (Å²) in [4.78, 5) is 4.45. The first kappa shape index (κ1) is 13.2. The van der Waals surface area contributed by atoms with E-state index < -0.39 is 0 Å². The Balaban J connectivity index is 2.43. The molecule has 0 bridgehead atoms. The molecule has 0 radical (unpaired) electrons. The van der Waals surface area contributed by atoms with Crippen LogP contribution in [0.25, 0.3) is 10.9 Å². The van der Waals surface area contributed by atoms with Gasteiger partial charge < -0.3 is 5.32 Å². The summed E-state index contributed by atoms with van der Waals surface area (Å²) < 4.78 is 0. The van der Waals surface area contributed by atoms with E-state index in [0.29, 0.717) is 12.0 Å². The van der Waals surface area contributed by atoms with E-state index in [9.17, 15) is 0 Å². The molecule has 2 aromatic rings. The summed E-state index contributed by atoms with van der Waals surface area (Å²) >= 11 is 6.16. The predicted octanol–water partition coefficient (Wildman–Crippen LogP) is 4.73. The number of hydrogen-bond donors (Lipinski definition) is 1. The summed E-state index contributed by atoms with van der Waals surface area (Å²) in [6, 6.07) is 8.32. The van der Waals surface area contributed by atoms with Crippen LogP contribution in [0, 0.1) is 5.92 Å². The summed E-state index contributed by atoms with van der Waals surface area (Å²) in [5.74, 6) is 0.577. The van der Waals surface area contributed by atoms with Gasteiger partial charge in [-0.2, -0.15) is 0 Å². The molecule has 18 heavy (non-hydrogen) atoms. The van der Waals surface area contributed by atoms with Gasteiger partial charge in [-0.3, -0.25) is 4.98 Å². The standard InChI is InChI=1S/C15H19ClN2/c1-4-13(10(2)3)18-14-9-12(16)8-11-6-5-7-17-15(11)14/h5-10,13,18H,4H2,1-3H3. The normalized spacial score (nSPS) is 12.9. The van der Waals surface area contributed by atoms with Crippen molar-refractivity contribution < 1.29 is 0 Å². The Bertz CT molecular complexity index is 537. The fraction of sp³-hybridized carbons (Fsp3) is 0.400. The predicted molar refractivity (Wildman–Crippen MR) is 79.3 cm³/mol. The lowest BCUT2D eigenvalue weighted by atomic mass is 10.0. The lowest BCUT2D eigenvalue weighted by molar-refractivity contribution is 0.511. The van der Waals surface area contributed by atoms with Gasteiger partial charge in [-0.1, -0.05) is 38.4 Å². The monoisotopic (exact) mass is 262 g/mol. The van der Waals surface area contributed by atoms with E-state index in [4.69, 9.17) is 11.6 Å². The van der Waals surface area contributed by atoms with Crippen LogP contribution in [0.15, 0.2) is 30.5 Å². The first-order valence-corrected chi connectivity index (χ1v) is 6.80. The third kappa shape index (κ3) is 2.75. The smallest absolute Gasteiger partial charge is 0.0934 e. The molecule has 96 valence electrons. The van der Waals surface area contributed by atoms with E-state index in [1.807, 2.05) is 30.5 Å². The van der Waals surface area contributed by atoms with E-state index in [2.05, 4.69) is 31.1 Å². The minimum Gasteiger partial charge on any atom is -0.380 e. The molecule has 0 fully saturated rings. The van der Waals surface area contributed by atoms with Crippen molar-refractivity contribution in [2.45, 2.75) is 33.2 Å². The number of benzene rings is 1. The highest BCUT2D eigenvalue weighted by atomic mass is 35.5. The van der Waals surface area contributed by atoms with Crippen LogP contribution in [0.4, 0.5) is 5.69 Å². The van der Waals surface area contributed by atoms with Crippen LogP contribution in [0.1, 0.15) is 27.2 Å². The molecule has 0 aliphatic heterocycles. The zero-order chi connectivity index (χ0) is 13.1. The Labute approximate surface area is 113 Å². The van der Waals surface area contributed by atoms with Crippen molar-refractivity contribution in [1.82, 2.24) is 4.98 Å². The Morgan fingerprint density at radius 2 is 2.11 bits per heavy atom. The second kappa shape index (κ2) is 5.57. The molecule has 0 amide bonds. The van der Waals surface area contributed by atoms with Crippen molar-refractivity contribution in [3.05, 3.63) is 35.5 Å². The summed E-state index contributed by atoms with van der Waals surface area (Å²) in [5, 5.41) is 5.39. The minimum absolute atomic E-state index is 0.439. The Kier molecular flexibility index (Phi) is 4.07. The first-order valence-electron chi connectivity index (χ1n) is 6.42. The second-order valence-electron chi connectivity index (χ2n) is 4.93.